The summed E-state index contributed by atoms with van der Waals surface area (Å²) in [5.41, 5.74) is 5.70. The summed E-state index contributed by atoms with van der Waals surface area (Å²) in [6.45, 7) is 0.705. The van der Waals surface area contributed by atoms with Crippen LogP contribution in [-0.4, -0.2) is 25.5 Å². The number of aromatic nitrogens is 4. The number of fused-ring (bicyclic) bond motifs is 1. The number of benzene rings is 2. The highest BCUT2D eigenvalue weighted by Gasteiger charge is 2.24. The number of carbonyl (C=O) groups excluding carboxylic acids is 1. The molecule has 156 valence electrons. The molecule has 0 atom stereocenters. The van der Waals surface area contributed by atoms with Gasteiger partial charge < -0.3 is 5.32 Å². The van der Waals surface area contributed by atoms with Crippen molar-refractivity contribution in [3.63, 3.8) is 0 Å². The molecule has 0 unspecified atom stereocenters. The van der Waals surface area contributed by atoms with Gasteiger partial charge in [0.25, 0.3) is 5.91 Å². The Morgan fingerprint density at radius 2 is 1.74 bits per heavy atom. The van der Waals surface area contributed by atoms with Gasteiger partial charge in [0.05, 0.1) is 12.2 Å². The summed E-state index contributed by atoms with van der Waals surface area (Å²) in [5.74, 6) is -0.146. The molecule has 6 nitrogen and oxygen atoms in total. The molecular weight excluding hydrogens is 386 g/mol. The normalized spacial score (nSPS) is 13.4. The smallest absolute Gasteiger partial charge is 0.276 e. The molecule has 0 fully saturated rings. The van der Waals surface area contributed by atoms with E-state index >= 15 is 0 Å². The van der Waals surface area contributed by atoms with E-state index in [1.165, 1.54) is 12.1 Å². The molecule has 0 bridgehead atoms. The van der Waals surface area contributed by atoms with Crippen molar-refractivity contribution in [3.05, 3.63) is 95.6 Å². The Bertz CT molecular complexity index is 1160. The Hall–Kier alpha value is -3.67. The third-order valence-corrected chi connectivity index (χ3v) is 5.76. The number of carbonyl (C=O) groups is 1. The Morgan fingerprint density at radius 1 is 0.935 bits per heavy atom. The van der Waals surface area contributed by atoms with E-state index < -0.39 is 0 Å². The van der Waals surface area contributed by atoms with Gasteiger partial charge in [-0.15, -0.1) is 0 Å². The lowest BCUT2D eigenvalue weighted by Crippen LogP contribution is -2.15. The summed E-state index contributed by atoms with van der Waals surface area (Å²) < 4.78 is 3.84. The Morgan fingerprint density at radius 3 is 2.52 bits per heavy atom. The van der Waals surface area contributed by atoms with E-state index in [9.17, 15) is 4.79 Å². The average molecular weight is 412 g/mol. The zero-order chi connectivity index (χ0) is 21.0. The maximum atomic E-state index is 13.2. The van der Waals surface area contributed by atoms with Crippen molar-refractivity contribution < 1.29 is 4.79 Å². The van der Waals surface area contributed by atoms with Crippen molar-refractivity contribution in [2.45, 2.75) is 38.6 Å². The molecule has 0 saturated heterocycles. The molecule has 2 heterocycles. The highest BCUT2D eigenvalue weighted by Crippen LogP contribution is 2.27. The first kappa shape index (κ1) is 19.3. The van der Waals surface area contributed by atoms with Gasteiger partial charge in [-0.05, 0) is 61.6 Å². The molecule has 2 aromatic carbocycles. The van der Waals surface area contributed by atoms with Crippen molar-refractivity contribution in [2.24, 2.45) is 0 Å². The fraction of sp³-hybridized carbons (Fsp3) is 0.240. The highest BCUT2D eigenvalue weighted by atomic mass is 16.2. The molecule has 1 N–H and O–H groups in total. The van der Waals surface area contributed by atoms with Crippen LogP contribution in [0.1, 0.15) is 46.6 Å². The molecule has 0 aliphatic heterocycles. The average Bonchev–Trinajstić information content (AvgIpc) is 3.37. The zero-order valence-corrected chi connectivity index (χ0v) is 17.4. The van der Waals surface area contributed by atoms with E-state index in [1.807, 2.05) is 76.2 Å². The minimum Gasteiger partial charge on any atom is -0.321 e. The summed E-state index contributed by atoms with van der Waals surface area (Å²) in [6.07, 6.45) is 8.96. The number of amides is 1. The molecule has 31 heavy (non-hydrogen) atoms. The minimum absolute atomic E-state index is 0.146. The van der Waals surface area contributed by atoms with Gasteiger partial charge in [0.1, 0.15) is 0 Å². The van der Waals surface area contributed by atoms with Crippen LogP contribution in [-0.2, 0) is 19.4 Å². The molecule has 6 heteroatoms. The summed E-state index contributed by atoms with van der Waals surface area (Å²) in [6, 6.07) is 19.9. The maximum absolute atomic E-state index is 13.2. The van der Waals surface area contributed by atoms with Crippen LogP contribution in [0.15, 0.2) is 73.1 Å². The number of rotatable bonds is 5. The third-order valence-electron chi connectivity index (χ3n) is 5.76. The quantitative estimate of drug-likeness (QED) is 0.487. The molecular formula is C25H25N5O. The summed E-state index contributed by atoms with van der Waals surface area (Å²) >= 11 is 0. The molecule has 1 aliphatic carbocycles. The van der Waals surface area contributed by atoms with Crippen molar-refractivity contribution >= 4 is 11.6 Å². The van der Waals surface area contributed by atoms with E-state index in [2.05, 4.69) is 10.4 Å². The van der Waals surface area contributed by atoms with Crippen molar-refractivity contribution in [1.29, 1.82) is 0 Å². The number of para-hydroxylation sites is 1. The largest absolute Gasteiger partial charge is 0.321 e. The molecule has 5 rings (SSSR count). The second-order valence-corrected chi connectivity index (χ2v) is 7.94. The van der Waals surface area contributed by atoms with E-state index in [4.69, 9.17) is 5.10 Å². The third kappa shape index (κ3) is 4.14. The summed E-state index contributed by atoms with van der Waals surface area (Å²) in [5, 5.41) is 12.0. The van der Waals surface area contributed by atoms with Crippen LogP contribution < -0.4 is 5.32 Å². The predicted molar refractivity (Wildman–Crippen MR) is 121 cm³/mol. The minimum atomic E-state index is -0.146. The zero-order valence-electron chi connectivity index (χ0n) is 17.4. The van der Waals surface area contributed by atoms with Gasteiger partial charge in [-0.3, -0.25) is 9.48 Å². The lowest BCUT2D eigenvalue weighted by Gasteiger charge is -2.07. The predicted octanol–water partition coefficient (Wildman–Crippen LogP) is 4.64. The van der Waals surface area contributed by atoms with Crippen LogP contribution >= 0.6 is 0 Å². The summed E-state index contributed by atoms with van der Waals surface area (Å²) in [7, 11) is 0. The maximum Gasteiger partial charge on any atom is 0.276 e. The second-order valence-electron chi connectivity index (χ2n) is 7.94. The van der Waals surface area contributed by atoms with Gasteiger partial charge in [0, 0.05) is 29.3 Å². The topological polar surface area (TPSA) is 64.7 Å². The first-order valence-corrected chi connectivity index (χ1v) is 10.8. The number of hydrogen-bond acceptors (Lipinski definition) is 3. The molecule has 1 amide bonds. The monoisotopic (exact) mass is 411 g/mol. The number of anilines is 1. The van der Waals surface area contributed by atoms with Crippen LogP contribution in [0.5, 0.6) is 0 Å². The highest BCUT2D eigenvalue weighted by molar-refractivity contribution is 6.04. The van der Waals surface area contributed by atoms with E-state index in [-0.39, 0.29) is 5.91 Å². The van der Waals surface area contributed by atoms with E-state index in [0.29, 0.717) is 12.2 Å². The van der Waals surface area contributed by atoms with Gasteiger partial charge in [0.15, 0.2) is 5.69 Å². The lowest BCUT2D eigenvalue weighted by molar-refractivity contribution is 0.102. The van der Waals surface area contributed by atoms with Gasteiger partial charge in [-0.25, -0.2) is 4.68 Å². The van der Waals surface area contributed by atoms with E-state index in [0.717, 1.165) is 48.2 Å². The Balaban J connectivity index is 1.39. The fourth-order valence-electron chi connectivity index (χ4n) is 4.21. The number of hydrogen-bond donors (Lipinski definition) is 1. The van der Waals surface area contributed by atoms with Crippen molar-refractivity contribution in [1.82, 2.24) is 19.6 Å². The summed E-state index contributed by atoms with van der Waals surface area (Å²) in [4.78, 5) is 13.2. The van der Waals surface area contributed by atoms with Gasteiger partial charge in [-0.1, -0.05) is 36.8 Å². The molecule has 1 aliphatic rings. The molecule has 4 aromatic rings. The Kier molecular flexibility index (Phi) is 5.35. The molecule has 2 aromatic heterocycles. The van der Waals surface area contributed by atoms with E-state index in [1.54, 1.807) is 6.20 Å². The van der Waals surface area contributed by atoms with Gasteiger partial charge >= 0.3 is 0 Å². The molecule has 0 saturated carbocycles. The Labute approximate surface area is 181 Å². The first-order valence-electron chi connectivity index (χ1n) is 10.8. The lowest BCUT2D eigenvalue weighted by atomic mass is 10.1. The van der Waals surface area contributed by atoms with Gasteiger partial charge in [0.2, 0.25) is 0 Å². The molecule has 0 spiro atoms. The standard InChI is InChI=1S/C25H25N5O/c31-25(27-20-14-12-19(13-15-20)18-29-17-7-16-26-29)24-22-10-5-2-6-11-23(22)30(28-24)21-8-3-1-4-9-21/h1,3-4,7-9,12-17H,2,5-6,10-11,18H2,(H,27,31). The van der Waals surface area contributed by atoms with Gasteiger partial charge in [-0.2, -0.15) is 10.2 Å². The number of nitrogens with one attached hydrogen (secondary N) is 1. The van der Waals surface area contributed by atoms with Crippen LogP contribution in [0.2, 0.25) is 0 Å². The van der Waals surface area contributed by atoms with Crippen LogP contribution in [0.3, 0.4) is 0 Å². The van der Waals surface area contributed by atoms with Crippen LogP contribution in [0, 0.1) is 0 Å². The van der Waals surface area contributed by atoms with Crippen LogP contribution in [0.25, 0.3) is 5.69 Å². The second kappa shape index (κ2) is 8.60. The van der Waals surface area contributed by atoms with Crippen molar-refractivity contribution in [3.8, 4) is 5.69 Å². The molecule has 0 radical (unpaired) electrons. The van der Waals surface area contributed by atoms with Crippen molar-refractivity contribution in [2.75, 3.05) is 5.32 Å². The first-order chi connectivity index (χ1) is 15.3. The van der Waals surface area contributed by atoms with Crippen LogP contribution in [0.4, 0.5) is 5.69 Å². The SMILES string of the molecule is O=C(Nc1ccc(Cn2cccn2)cc1)c1nn(-c2ccccc2)c2c1CCCCC2. The fourth-order valence-corrected chi connectivity index (χ4v) is 4.21. The number of nitrogens with zero attached hydrogens (tertiary/aromatic N) is 4.